The summed E-state index contributed by atoms with van der Waals surface area (Å²) in [7, 11) is 0.375. The van der Waals surface area contributed by atoms with Gasteiger partial charge in [0.1, 0.15) is 21.3 Å². The van der Waals surface area contributed by atoms with Crippen molar-refractivity contribution in [3.05, 3.63) is 24.3 Å². The van der Waals surface area contributed by atoms with E-state index >= 15 is 0 Å². The molecule has 0 amide bonds. The Morgan fingerprint density at radius 3 is 2.38 bits per heavy atom. The lowest BCUT2D eigenvalue weighted by Gasteiger charge is -2.17. The number of halogens is 1. The fraction of sp³-hybridized carbons (Fsp3) is 0.588. The Labute approximate surface area is 173 Å². The molecule has 1 atom stereocenters. The maximum Gasteiger partial charge on any atom is 0.191 e. The molecule has 0 aliphatic carbocycles. The van der Waals surface area contributed by atoms with Crippen LogP contribution in [-0.2, 0) is 9.84 Å². The molecule has 1 aromatic carbocycles. The van der Waals surface area contributed by atoms with Gasteiger partial charge >= 0.3 is 0 Å². The molecule has 26 heavy (non-hydrogen) atoms. The third-order valence-electron chi connectivity index (χ3n) is 3.47. The summed E-state index contributed by atoms with van der Waals surface area (Å²) in [6.45, 7) is 3.22. The smallest absolute Gasteiger partial charge is 0.191 e. The maximum atomic E-state index is 11.2. The fourth-order valence-electron chi connectivity index (χ4n) is 2.03. The van der Waals surface area contributed by atoms with Gasteiger partial charge in [-0.3, -0.25) is 4.99 Å². The molecule has 2 N–H and O–H groups in total. The van der Waals surface area contributed by atoms with Gasteiger partial charge in [-0.2, -0.15) is 0 Å². The zero-order chi connectivity index (χ0) is 18.7. The van der Waals surface area contributed by atoms with Crippen LogP contribution in [0.2, 0.25) is 0 Å². The topological polar surface area (TPSA) is 89.0 Å². The molecular weight excluding hydrogens is 469 g/mol. The molecule has 9 heteroatoms. The van der Waals surface area contributed by atoms with Gasteiger partial charge in [-0.25, -0.2) is 8.42 Å². The van der Waals surface area contributed by atoms with Gasteiger partial charge in [-0.15, -0.1) is 24.0 Å². The molecule has 0 saturated heterocycles. The minimum absolute atomic E-state index is 0. The van der Waals surface area contributed by atoms with Gasteiger partial charge in [0.05, 0.1) is 19.5 Å². The first kappa shape index (κ1) is 24.8. The third kappa shape index (κ3) is 11.4. The quantitative estimate of drug-likeness (QED) is 0.222. The van der Waals surface area contributed by atoms with Crippen molar-refractivity contribution in [2.45, 2.75) is 25.8 Å². The van der Waals surface area contributed by atoms with Gasteiger partial charge in [0.15, 0.2) is 5.96 Å². The van der Waals surface area contributed by atoms with Crippen LogP contribution in [0.15, 0.2) is 29.3 Å². The van der Waals surface area contributed by atoms with Crippen molar-refractivity contribution in [1.29, 1.82) is 0 Å². The number of nitrogens with one attached hydrogen (secondary N) is 2. The molecule has 0 bridgehead atoms. The molecule has 0 radical (unpaired) electrons. The molecule has 0 aromatic heterocycles. The highest BCUT2D eigenvalue weighted by molar-refractivity contribution is 14.0. The van der Waals surface area contributed by atoms with Gasteiger partial charge in [0, 0.05) is 25.9 Å². The van der Waals surface area contributed by atoms with E-state index in [4.69, 9.17) is 9.47 Å². The minimum atomic E-state index is -2.94. The van der Waals surface area contributed by atoms with Gasteiger partial charge in [0.2, 0.25) is 0 Å². The zero-order valence-electron chi connectivity index (χ0n) is 15.8. The van der Waals surface area contributed by atoms with Crippen LogP contribution >= 0.6 is 24.0 Å². The number of methoxy groups -OCH3 is 1. The van der Waals surface area contributed by atoms with E-state index < -0.39 is 9.84 Å². The van der Waals surface area contributed by atoms with E-state index in [-0.39, 0.29) is 35.8 Å². The molecule has 1 aromatic rings. The largest absolute Gasteiger partial charge is 0.497 e. The molecule has 1 rings (SSSR count). The van der Waals surface area contributed by atoms with Crippen LogP contribution < -0.4 is 20.1 Å². The lowest BCUT2D eigenvalue weighted by Crippen LogP contribution is -2.43. The number of guanidine groups is 1. The Hall–Kier alpha value is -1.23. The van der Waals surface area contributed by atoms with Crippen molar-refractivity contribution in [3.8, 4) is 11.5 Å². The monoisotopic (exact) mass is 499 g/mol. The third-order valence-corrected chi connectivity index (χ3v) is 4.45. The predicted molar refractivity (Wildman–Crippen MR) is 117 cm³/mol. The van der Waals surface area contributed by atoms with Crippen LogP contribution in [0, 0.1) is 0 Å². The molecule has 0 aliphatic heterocycles. The van der Waals surface area contributed by atoms with E-state index in [0.717, 1.165) is 17.9 Å². The average molecular weight is 499 g/mol. The number of aliphatic imine (C=N–C) groups is 1. The molecular formula is C17H30IN3O4S. The molecule has 7 nitrogen and oxygen atoms in total. The molecule has 0 saturated carbocycles. The highest BCUT2D eigenvalue weighted by atomic mass is 127. The average Bonchev–Trinajstić information content (AvgIpc) is 2.58. The first-order valence-electron chi connectivity index (χ1n) is 8.26. The van der Waals surface area contributed by atoms with Gasteiger partial charge in [-0.1, -0.05) is 0 Å². The highest BCUT2D eigenvalue weighted by Gasteiger charge is 2.09. The Balaban J connectivity index is 0.00000625. The SMILES string of the molecule is CN=C(NCCCOc1ccc(OC)cc1)NC(C)CCS(C)(=O)=O.I. The van der Waals surface area contributed by atoms with Crippen LogP contribution in [0.5, 0.6) is 11.5 Å². The van der Waals surface area contributed by atoms with Gasteiger partial charge in [0.25, 0.3) is 0 Å². The number of hydrogen-bond acceptors (Lipinski definition) is 5. The lowest BCUT2D eigenvalue weighted by atomic mass is 10.3. The summed E-state index contributed by atoms with van der Waals surface area (Å²) in [6, 6.07) is 7.48. The van der Waals surface area contributed by atoms with Crippen molar-refractivity contribution >= 4 is 39.8 Å². The van der Waals surface area contributed by atoms with E-state index in [0.29, 0.717) is 25.5 Å². The highest BCUT2D eigenvalue weighted by Crippen LogP contribution is 2.16. The van der Waals surface area contributed by atoms with E-state index in [2.05, 4.69) is 15.6 Å². The normalized spacial score (nSPS) is 12.7. The van der Waals surface area contributed by atoms with Gasteiger partial charge in [-0.05, 0) is 44.0 Å². The molecule has 0 aliphatic rings. The second-order valence-electron chi connectivity index (χ2n) is 5.84. The van der Waals surface area contributed by atoms with Crippen molar-refractivity contribution in [3.63, 3.8) is 0 Å². The van der Waals surface area contributed by atoms with Crippen LogP contribution in [0.1, 0.15) is 19.8 Å². The summed E-state index contributed by atoms with van der Waals surface area (Å²) in [5, 5.41) is 6.37. The van der Waals surface area contributed by atoms with Crippen molar-refractivity contribution in [1.82, 2.24) is 10.6 Å². The zero-order valence-corrected chi connectivity index (χ0v) is 19.0. The number of sulfone groups is 1. The van der Waals surface area contributed by atoms with Gasteiger partial charge < -0.3 is 20.1 Å². The van der Waals surface area contributed by atoms with Crippen molar-refractivity contribution in [2.24, 2.45) is 4.99 Å². The van der Waals surface area contributed by atoms with E-state index in [1.165, 1.54) is 6.26 Å². The number of nitrogens with zero attached hydrogens (tertiary/aromatic N) is 1. The van der Waals surface area contributed by atoms with E-state index in [9.17, 15) is 8.42 Å². The number of benzene rings is 1. The summed E-state index contributed by atoms with van der Waals surface area (Å²) < 4.78 is 33.1. The maximum absolute atomic E-state index is 11.2. The fourth-order valence-corrected chi connectivity index (χ4v) is 2.81. The number of rotatable bonds is 10. The first-order valence-corrected chi connectivity index (χ1v) is 10.3. The van der Waals surface area contributed by atoms with E-state index in [1.807, 2.05) is 31.2 Å². The number of hydrogen-bond donors (Lipinski definition) is 2. The summed E-state index contributed by atoms with van der Waals surface area (Å²) in [5.41, 5.74) is 0. The van der Waals surface area contributed by atoms with E-state index in [1.54, 1.807) is 14.2 Å². The Morgan fingerprint density at radius 1 is 1.23 bits per heavy atom. The predicted octanol–water partition coefficient (Wildman–Crippen LogP) is 2.07. The molecule has 0 heterocycles. The van der Waals surface area contributed by atoms with Crippen LogP contribution in [0.25, 0.3) is 0 Å². The first-order chi connectivity index (χ1) is 11.8. The molecule has 150 valence electrons. The Bertz CT molecular complexity index is 636. The standard InChI is InChI=1S/C17H29N3O4S.HI/c1-14(10-13-25(4,21)22)20-17(18-2)19-11-5-12-24-16-8-6-15(23-3)7-9-16;/h6-9,14H,5,10-13H2,1-4H3,(H2,18,19,20);1H. The van der Waals surface area contributed by atoms with Crippen molar-refractivity contribution in [2.75, 3.05) is 39.3 Å². The van der Waals surface area contributed by atoms with Crippen molar-refractivity contribution < 1.29 is 17.9 Å². The summed E-state index contributed by atoms with van der Waals surface area (Å²) >= 11 is 0. The molecule has 0 spiro atoms. The Morgan fingerprint density at radius 2 is 1.85 bits per heavy atom. The lowest BCUT2D eigenvalue weighted by molar-refractivity contribution is 0.310. The molecule has 0 fully saturated rings. The molecule has 1 unspecified atom stereocenters. The second kappa shape index (κ2) is 13.0. The summed E-state index contributed by atoms with van der Waals surface area (Å²) in [6.07, 6.45) is 2.60. The van der Waals surface area contributed by atoms with Crippen LogP contribution in [0.3, 0.4) is 0 Å². The number of ether oxygens (including phenoxy) is 2. The Kier molecular flexibility index (Phi) is 12.4. The minimum Gasteiger partial charge on any atom is -0.497 e. The summed E-state index contributed by atoms with van der Waals surface area (Å²) in [4.78, 5) is 4.14. The second-order valence-corrected chi connectivity index (χ2v) is 8.10. The van der Waals surface area contributed by atoms with Crippen LogP contribution in [-0.4, -0.2) is 59.7 Å². The summed E-state index contributed by atoms with van der Waals surface area (Å²) in [5.74, 6) is 2.42. The van der Waals surface area contributed by atoms with Crippen LogP contribution in [0.4, 0.5) is 0 Å².